The Bertz CT molecular complexity index is 1040. The van der Waals surface area contributed by atoms with E-state index in [4.69, 9.17) is 4.74 Å². The number of methoxy groups -OCH3 is 1. The summed E-state index contributed by atoms with van der Waals surface area (Å²) in [6.45, 7) is 4.01. The van der Waals surface area contributed by atoms with Gasteiger partial charge in [0.15, 0.2) is 5.78 Å². The Kier molecular flexibility index (Phi) is 5.04. The number of nitrogens with one attached hydrogen (secondary N) is 2. The number of ether oxygens (including phenoxy) is 1. The van der Waals surface area contributed by atoms with Crippen LogP contribution in [-0.4, -0.2) is 23.8 Å². The van der Waals surface area contributed by atoms with E-state index in [1.165, 1.54) is 6.07 Å². The van der Waals surface area contributed by atoms with Gasteiger partial charge in [-0.2, -0.15) is 0 Å². The van der Waals surface area contributed by atoms with Crippen molar-refractivity contribution in [1.29, 1.82) is 0 Å². The molecule has 0 aliphatic heterocycles. The maximum Gasteiger partial charge on any atom is 0.261 e. The van der Waals surface area contributed by atoms with Gasteiger partial charge in [0, 0.05) is 17.7 Å². The Morgan fingerprint density at radius 1 is 1.07 bits per heavy atom. The van der Waals surface area contributed by atoms with Crippen molar-refractivity contribution < 1.29 is 14.3 Å². The lowest BCUT2D eigenvalue weighted by Crippen LogP contribution is -2.45. The van der Waals surface area contributed by atoms with Crippen molar-refractivity contribution in [2.45, 2.75) is 57.9 Å². The normalized spacial score (nSPS) is 19.2. The van der Waals surface area contributed by atoms with E-state index in [9.17, 15) is 14.4 Å². The van der Waals surface area contributed by atoms with Crippen molar-refractivity contribution in [3.8, 4) is 5.75 Å². The first-order valence-corrected chi connectivity index (χ1v) is 10.5. The Morgan fingerprint density at radius 3 is 2.37 bits per heavy atom. The third-order valence-electron chi connectivity index (χ3n) is 6.41. The van der Waals surface area contributed by atoms with Crippen LogP contribution in [-0.2, 0) is 12.0 Å². The van der Waals surface area contributed by atoms with E-state index in [2.05, 4.69) is 10.3 Å². The molecule has 2 aromatic rings. The average molecular weight is 408 g/mol. The zero-order chi connectivity index (χ0) is 21.5. The third kappa shape index (κ3) is 3.66. The molecule has 0 bridgehead atoms. The molecule has 30 heavy (non-hydrogen) atoms. The molecule has 158 valence electrons. The SMILES string of the molecule is COc1ccc(C2(NC(=O)c3cc4c([nH]c3=O)CC(C)(C)CC4=O)CCCC2)cc1. The van der Waals surface area contributed by atoms with E-state index in [-0.39, 0.29) is 16.8 Å². The number of carbonyl (C=O) groups is 2. The second-order valence-corrected chi connectivity index (χ2v) is 9.32. The lowest BCUT2D eigenvalue weighted by molar-refractivity contribution is 0.0896. The third-order valence-corrected chi connectivity index (χ3v) is 6.41. The van der Waals surface area contributed by atoms with Crippen molar-refractivity contribution in [2.75, 3.05) is 7.11 Å². The number of aromatic amines is 1. The zero-order valence-corrected chi connectivity index (χ0v) is 17.8. The van der Waals surface area contributed by atoms with E-state index in [1.807, 2.05) is 38.1 Å². The van der Waals surface area contributed by atoms with Crippen LogP contribution >= 0.6 is 0 Å². The molecule has 2 aliphatic rings. The molecule has 0 radical (unpaired) electrons. The molecule has 6 heteroatoms. The van der Waals surface area contributed by atoms with Crippen LogP contribution in [0, 0.1) is 5.41 Å². The quantitative estimate of drug-likeness (QED) is 0.807. The van der Waals surface area contributed by atoms with Gasteiger partial charge in [-0.3, -0.25) is 14.4 Å². The molecular weight excluding hydrogens is 380 g/mol. The molecule has 1 aromatic heterocycles. The number of H-pyrrole nitrogens is 1. The standard InChI is InChI=1S/C24H28N2O4/c1-23(2)13-19-17(20(27)14-23)12-18(21(28)25-19)22(29)26-24(10-4-5-11-24)15-6-8-16(30-3)9-7-15/h6-9,12H,4-5,10-11,13-14H2,1-3H3,(H,25,28)(H,26,29). The van der Waals surface area contributed by atoms with Gasteiger partial charge in [-0.15, -0.1) is 0 Å². The molecule has 0 spiro atoms. The highest BCUT2D eigenvalue weighted by Crippen LogP contribution is 2.39. The van der Waals surface area contributed by atoms with Gasteiger partial charge in [0.2, 0.25) is 0 Å². The summed E-state index contributed by atoms with van der Waals surface area (Å²) >= 11 is 0. The molecule has 1 heterocycles. The maximum absolute atomic E-state index is 13.2. The van der Waals surface area contributed by atoms with E-state index in [0.717, 1.165) is 37.0 Å². The van der Waals surface area contributed by atoms with Crippen LogP contribution in [0.5, 0.6) is 5.75 Å². The lowest BCUT2D eigenvalue weighted by Gasteiger charge is -2.32. The lowest BCUT2D eigenvalue weighted by atomic mass is 9.75. The molecule has 0 unspecified atom stereocenters. The summed E-state index contributed by atoms with van der Waals surface area (Å²) < 4.78 is 5.24. The van der Waals surface area contributed by atoms with Gasteiger partial charge >= 0.3 is 0 Å². The Morgan fingerprint density at radius 2 is 1.73 bits per heavy atom. The minimum atomic E-state index is -0.516. The van der Waals surface area contributed by atoms with Crippen LogP contribution in [0.15, 0.2) is 35.1 Å². The predicted octanol–water partition coefficient (Wildman–Crippen LogP) is 3.74. The number of fused-ring (bicyclic) bond motifs is 1. The van der Waals surface area contributed by atoms with E-state index in [1.54, 1.807) is 7.11 Å². The maximum atomic E-state index is 13.2. The number of carbonyl (C=O) groups excluding carboxylic acids is 2. The molecule has 2 aliphatic carbocycles. The second kappa shape index (κ2) is 7.42. The first-order valence-electron chi connectivity index (χ1n) is 10.5. The van der Waals surface area contributed by atoms with E-state index >= 15 is 0 Å². The molecule has 1 amide bonds. The summed E-state index contributed by atoms with van der Waals surface area (Å²) in [5, 5.41) is 3.13. The smallest absolute Gasteiger partial charge is 0.261 e. The van der Waals surface area contributed by atoms with Crippen LogP contribution in [0.3, 0.4) is 0 Å². The monoisotopic (exact) mass is 408 g/mol. The highest BCUT2D eigenvalue weighted by Gasteiger charge is 2.38. The molecule has 0 atom stereocenters. The fourth-order valence-corrected chi connectivity index (χ4v) is 4.86. The molecule has 1 saturated carbocycles. The van der Waals surface area contributed by atoms with Gasteiger partial charge in [0.1, 0.15) is 11.3 Å². The minimum absolute atomic E-state index is 0.00147. The highest BCUT2D eigenvalue weighted by molar-refractivity contribution is 6.02. The fourth-order valence-electron chi connectivity index (χ4n) is 4.86. The number of ketones is 1. The van der Waals surface area contributed by atoms with Gasteiger partial charge in [0.25, 0.3) is 11.5 Å². The molecule has 1 fully saturated rings. The number of pyridine rings is 1. The Hall–Kier alpha value is -2.89. The Labute approximate surface area is 176 Å². The first-order chi connectivity index (χ1) is 14.2. The molecule has 4 rings (SSSR count). The van der Waals surface area contributed by atoms with Crippen molar-refractivity contribution >= 4 is 11.7 Å². The van der Waals surface area contributed by atoms with Crippen LogP contribution in [0.25, 0.3) is 0 Å². The first kappa shape index (κ1) is 20.4. The van der Waals surface area contributed by atoms with Gasteiger partial charge in [-0.1, -0.05) is 38.8 Å². The Balaban J connectivity index is 1.66. The van der Waals surface area contributed by atoms with Crippen molar-refractivity contribution in [3.05, 3.63) is 63.1 Å². The number of amides is 1. The van der Waals surface area contributed by atoms with Gasteiger partial charge in [0.05, 0.1) is 12.6 Å². The van der Waals surface area contributed by atoms with Gasteiger partial charge < -0.3 is 15.0 Å². The summed E-state index contributed by atoms with van der Waals surface area (Å²) in [5.74, 6) is 0.289. The topological polar surface area (TPSA) is 88.3 Å². The summed E-state index contributed by atoms with van der Waals surface area (Å²) in [5.41, 5.74) is 0.937. The molecule has 1 aromatic carbocycles. The largest absolute Gasteiger partial charge is 0.497 e. The predicted molar refractivity (Wildman–Crippen MR) is 114 cm³/mol. The number of rotatable bonds is 4. The van der Waals surface area contributed by atoms with Crippen LogP contribution in [0.4, 0.5) is 0 Å². The van der Waals surface area contributed by atoms with E-state index < -0.39 is 17.0 Å². The minimum Gasteiger partial charge on any atom is -0.497 e. The number of aromatic nitrogens is 1. The molecular formula is C24H28N2O4. The highest BCUT2D eigenvalue weighted by atomic mass is 16.5. The number of hydrogen-bond acceptors (Lipinski definition) is 4. The van der Waals surface area contributed by atoms with Crippen LogP contribution in [0.1, 0.15) is 77.9 Å². The average Bonchev–Trinajstić information content (AvgIpc) is 3.16. The van der Waals surface area contributed by atoms with Crippen molar-refractivity contribution in [2.24, 2.45) is 5.41 Å². The van der Waals surface area contributed by atoms with E-state index in [0.29, 0.717) is 24.1 Å². The number of benzene rings is 1. The van der Waals surface area contributed by atoms with Gasteiger partial charge in [-0.25, -0.2) is 0 Å². The van der Waals surface area contributed by atoms with Crippen LogP contribution in [0.2, 0.25) is 0 Å². The summed E-state index contributed by atoms with van der Waals surface area (Å²) in [6, 6.07) is 9.18. The number of hydrogen-bond donors (Lipinski definition) is 2. The summed E-state index contributed by atoms with van der Waals surface area (Å²) in [6.07, 6.45) is 4.63. The molecule has 0 saturated heterocycles. The molecule has 6 nitrogen and oxygen atoms in total. The summed E-state index contributed by atoms with van der Waals surface area (Å²) in [4.78, 5) is 41.3. The van der Waals surface area contributed by atoms with Crippen LogP contribution < -0.4 is 15.6 Å². The fraction of sp³-hybridized carbons (Fsp3) is 0.458. The second-order valence-electron chi connectivity index (χ2n) is 9.32. The zero-order valence-electron chi connectivity index (χ0n) is 17.8. The van der Waals surface area contributed by atoms with Crippen molar-refractivity contribution in [3.63, 3.8) is 0 Å². The number of Topliss-reactive ketones (excluding diaryl/α,β-unsaturated/α-hetero) is 1. The molecule has 2 N–H and O–H groups in total. The van der Waals surface area contributed by atoms with Gasteiger partial charge in [-0.05, 0) is 48.4 Å². The van der Waals surface area contributed by atoms with Crippen molar-refractivity contribution in [1.82, 2.24) is 10.3 Å². The summed E-state index contributed by atoms with van der Waals surface area (Å²) in [7, 11) is 1.62.